The highest BCUT2D eigenvalue weighted by molar-refractivity contribution is 7.23. The fourth-order valence-corrected chi connectivity index (χ4v) is 5.81. The van der Waals surface area contributed by atoms with Gasteiger partial charge < -0.3 is 16.0 Å². The molecule has 1 spiro atoms. The molecule has 2 amide bonds. The smallest absolute Gasteiger partial charge is 0.251 e. The van der Waals surface area contributed by atoms with Crippen molar-refractivity contribution in [1.29, 1.82) is 0 Å². The van der Waals surface area contributed by atoms with E-state index in [1.807, 2.05) is 36.5 Å². The first kappa shape index (κ1) is 20.4. The van der Waals surface area contributed by atoms with E-state index in [0.29, 0.717) is 29.1 Å². The molecule has 6 rings (SSSR count). The minimum absolute atomic E-state index is 0.0293. The van der Waals surface area contributed by atoms with Crippen LogP contribution in [-0.2, 0) is 0 Å². The predicted octanol–water partition coefficient (Wildman–Crippen LogP) is 3.45. The van der Waals surface area contributed by atoms with E-state index in [-0.39, 0.29) is 11.8 Å². The van der Waals surface area contributed by atoms with Gasteiger partial charge in [-0.3, -0.25) is 14.0 Å². The lowest BCUT2D eigenvalue weighted by molar-refractivity contribution is 0.0946. The standard InChI is InChI=1S/C25H25N5O2S/c1-26-22(31)16-4-2-15(3-5-16)19-13-30-20-7-6-17(10-21(20)33-24(30)29-19)23(32)27-12-18-11-25(8-9-25)14-28-18/h2-7,10,13,18,28H,8-9,11-12,14H2,1H3,(H,26,31)(H,27,32). The molecule has 7 nitrogen and oxygen atoms in total. The number of rotatable bonds is 5. The Morgan fingerprint density at radius 3 is 2.67 bits per heavy atom. The van der Waals surface area contributed by atoms with Crippen LogP contribution in [0, 0.1) is 5.41 Å². The van der Waals surface area contributed by atoms with Gasteiger partial charge in [-0.1, -0.05) is 23.5 Å². The highest BCUT2D eigenvalue weighted by atomic mass is 32.1. The summed E-state index contributed by atoms with van der Waals surface area (Å²) in [7, 11) is 1.62. The molecule has 4 aromatic rings. The predicted molar refractivity (Wildman–Crippen MR) is 130 cm³/mol. The number of aromatic nitrogens is 2. The maximum absolute atomic E-state index is 12.7. The summed E-state index contributed by atoms with van der Waals surface area (Å²) in [6.45, 7) is 1.77. The summed E-state index contributed by atoms with van der Waals surface area (Å²) in [5.74, 6) is -0.136. The third-order valence-corrected chi connectivity index (χ3v) is 7.95. The van der Waals surface area contributed by atoms with Gasteiger partial charge in [0.15, 0.2) is 4.96 Å². The van der Waals surface area contributed by atoms with Crippen LogP contribution in [0.4, 0.5) is 0 Å². The first-order valence-electron chi connectivity index (χ1n) is 11.3. The van der Waals surface area contributed by atoms with E-state index in [2.05, 4.69) is 20.4 Å². The maximum atomic E-state index is 12.7. The first-order chi connectivity index (χ1) is 16.0. The van der Waals surface area contributed by atoms with Gasteiger partial charge in [0, 0.05) is 49.1 Å². The highest BCUT2D eigenvalue weighted by Gasteiger charge is 2.48. The molecule has 33 heavy (non-hydrogen) atoms. The summed E-state index contributed by atoms with van der Waals surface area (Å²) in [6, 6.07) is 13.6. The minimum Gasteiger partial charge on any atom is -0.355 e. The number of carbonyl (C=O) groups excluding carboxylic acids is 2. The van der Waals surface area contributed by atoms with Gasteiger partial charge in [0.1, 0.15) is 0 Å². The Kier molecular flexibility index (Phi) is 4.74. The lowest BCUT2D eigenvalue weighted by atomic mass is 10.0. The molecule has 1 aliphatic heterocycles. The Balaban J connectivity index is 1.19. The molecular formula is C25H25N5O2S. The third-order valence-electron chi connectivity index (χ3n) is 6.94. The maximum Gasteiger partial charge on any atom is 0.251 e. The van der Waals surface area contributed by atoms with Crippen LogP contribution in [0.15, 0.2) is 48.7 Å². The molecule has 168 valence electrons. The van der Waals surface area contributed by atoms with Crippen molar-refractivity contribution < 1.29 is 9.59 Å². The van der Waals surface area contributed by atoms with Gasteiger partial charge in [-0.15, -0.1) is 0 Å². The van der Waals surface area contributed by atoms with Crippen molar-refractivity contribution in [3.05, 3.63) is 59.8 Å². The molecule has 2 aromatic heterocycles. The fraction of sp³-hybridized carbons (Fsp3) is 0.320. The van der Waals surface area contributed by atoms with Crippen LogP contribution in [0.25, 0.3) is 26.4 Å². The highest BCUT2D eigenvalue weighted by Crippen LogP contribution is 2.51. The second-order valence-electron chi connectivity index (χ2n) is 9.21. The minimum atomic E-state index is -0.107. The number of nitrogens with zero attached hydrogens (tertiary/aromatic N) is 2. The van der Waals surface area contributed by atoms with Crippen molar-refractivity contribution in [2.75, 3.05) is 20.1 Å². The summed E-state index contributed by atoms with van der Waals surface area (Å²) < 4.78 is 3.09. The van der Waals surface area contributed by atoms with Crippen molar-refractivity contribution >= 4 is 38.3 Å². The average Bonchev–Trinajstić information content (AvgIpc) is 3.15. The normalized spacial score (nSPS) is 18.8. The molecule has 1 unspecified atom stereocenters. The zero-order chi connectivity index (χ0) is 22.6. The number of hydrogen-bond donors (Lipinski definition) is 3. The van der Waals surface area contributed by atoms with E-state index in [9.17, 15) is 9.59 Å². The number of nitrogens with one attached hydrogen (secondary N) is 3. The number of carbonyl (C=O) groups is 2. The molecule has 0 bridgehead atoms. The molecule has 1 aliphatic carbocycles. The number of imidazole rings is 1. The van der Waals surface area contributed by atoms with E-state index in [0.717, 1.165) is 33.0 Å². The van der Waals surface area contributed by atoms with Crippen molar-refractivity contribution in [3.63, 3.8) is 0 Å². The molecule has 1 atom stereocenters. The molecule has 0 radical (unpaired) electrons. The van der Waals surface area contributed by atoms with Crippen LogP contribution < -0.4 is 16.0 Å². The molecule has 1 saturated carbocycles. The lowest BCUT2D eigenvalue weighted by Crippen LogP contribution is -2.37. The summed E-state index contributed by atoms with van der Waals surface area (Å²) >= 11 is 1.57. The quantitative estimate of drug-likeness (QED) is 0.427. The Hall–Kier alpha value is -3.23. The lowest BCUT2D eigenvalue weighted by Gasteiger charge is -2.12. The van der Waals surface area contributed by atoms with Crippen LogP contribution in [-0.4, -0.2) is 47.4 Å². The number of fused-ring (bicyclic) bond motifs is 3. The van der Waals surface area contributed by atoms with Crippen molar-refractivity contribution in [2.45, 2.75) is 25.3 Å². The summed E-state index contributed by atoms with van der Waals surface area (Å²) in [5, 5.41) is 9.27. The van der Waals surface area contributed by atoms with Crippen LogP contribution in [0.1, 0.15) is 40.0 Å². The van der Waals surface area contributed by atoms with Crippen molar-refractivity contribution in [1.82, 2.24) is 25.3 Å². The first-order valence-corrected chi connectivity index (χ1v) is 12.1. The SMILES string of the molecule is CNC(=O)c1ccc(-c2cn3c(n2)sc2cc(C(=O)NCC4CC5(CC5)CN4)ccc23)cc1. The molecule has 8 heteroatoms. The van der Waals surface area contributed by atoms with E-state index in [4.69, 9.17) is 4.98 Å². The number of thiazole rings is 1. The van der Waals surface area contributed by atoms with Gasteiger partial charge in [-0.2, -0.15) is 0 Å². The van der Waals surface area contributed by atoms with Gasteiger partial charge in [0.25, 0.3) is 11.8 Å². The van der Waals surface area contributed by atoms with Gasteiger partial charge in [0.05, 0.1) is 15.9 Å². The molecule has 2 aromatic carbocycles. The number of hydrogen-bond acceptors (Lipinski definition) is 5. The Labute approximate surface area is 195 Å². The zero-order valence-corrected chi connectivity index (χ0v) is 19.2. The Bertz CT molecular complexity index is 1380. The second kappa shape index (κ2) is 7.67. The molecular weight excluding hydrogens is 434 g/mol. The largest absolute Gasteiger partial charge is 0.355 e. The second-order valence-corrected chi connectivity index (χ2v) is 10.2. The molecule has 3 N–H and O–H groups in total. The molecule has 1 saturated heterocycles. The van der Waals surface area contributed by atoms with Crippen molar-refractivity contribution in [3.8, 4) is 11.3 Å². The van der Waals surface area contributed by atoms with E-state index < -0.39 is 0 Å². The van der Waals surface area contributed by atoms with Gasteiger partial charge in [-0.05, 0) is 55.0 Å². The average molecular weight is 460 g/mol. The van der Waals surface area contributed by atoms with Crippen LogP contribution in [0.5, 0.6) is 0 Å². The fourth-order valence-electron chi connectivity index (χ4n) is 4.77. The molecule has 2 fully saturated rings. The summed E-state index contributed by atoms with van der Waals surface area (Å²) in [6.07, 6.45) is 5.82. The molecule has 3 heterocycles. The summed E-state index contributed by atoms with van der Waals surface area (Å²) in [5.41, 5.74) is 4.67. The van der Waals surface area contributed by atoms with E-state index in [1.165, 1.54) is 19.3 Å². The molecule has 2 aliphatic rings. The van der Waals surface area contributed by atoms with Crippen LogP contribution in [0.2, 0.25) is 0 Å². The third kappa shape index (κ3) is 3.69. The van der Waals surface area contributed by atoms with Crippen molar-refractivity contribution in [2.24, 2.45) is 5.41 Å². The van der Waals surface area contributed by atoms with Crippen LogP contribution >= 0.6 is 11.3 Å². The Morgan fingerprint density at radius 1 is 1.15 bits per heavy atom. The number of amides is 2. The van der Waals surface area contributed by atoms with Crippen LogP contribution in [0.3, 0.4) is 0 Å². The monoisotopic (exact) mass is 459 g/mol. The van der Waals surface area contributed by atoms with E-state index in [1.54, 1.807) is 30.5 Å². The van der Waals surface area contributed by atoms with E-state index >= 15 is 0 Å². The zero-order valence-electron chi connectivity index (χ0n) is 18.4. The topological polar surface area (TPSA) is 87.5 Å². The summed E-state index contributed by atoms with van der Waals surface area (Å²) in [4.78, 5) is 30.1. The van der Waals surface area contributed by atoms with Gasteiger partial charge in [0.2, 0.25) is 0 Å². The number of benzene rings is 2. The van der Waals surface area contributed by atoms with Gasteiger partial charge in [-0.25, -0.2) is 4.98 Å². The Morgan fingerprint density at radius 2 is 1.94 bits per heavy atom. The van der Waals surface area contributed by atoms with Gasteiger partial charge >= 0.3 is 0 Å².